The molecule has 2 aliphatic rings. The van der Waals surface area contributed by atoms with Gasteiger partial charge in [0, 0.05) is 50.6 Å². The highest BCUT2D eigenvalue weighted by Crippen LogP contribution is 2.27. The van der Waals surface area contributed by atoms with E-state index < -0.39 is 0 Å². The molecule has 2 heterocycles. The number of hydrogen-bond acceptors (Lipinski definition) is 4. The van der Waals surface area contributed by atoms with Crippen LogP contribution in [-0.4, -0.2) is 73.9 Å². The molecule has 1 aromatic heterocycles. The van der Waals surface area contributed by atoms with E-state index in [-0.39, 0.29) is 24.4 Å². The minimum atomic E-state index is -0.0335. The predicted octanol–water partition coefficient (Wildman–Crippen LogP) is 1.71. The molecule has 1 unspecified atom stereocenters. The summed E-state index contributed by atoms with van der Waals surface area (Å²) in [6.45, 7) is 2.37. The molecular weight excluding hydrogens is 386 g/mol. The summed E-state index contributed by atoms with van der Waals surface area (Å²) in [6, 6.07) is 4.34. The zero-order valence-electron chi connectivity index (χ0n) is 17.5. The van der Waals surface area contributed by atoms with Gasteiger partial charge in [0.2, 0.25) is 11.8 Å². The third kappa shape index (κ3) is 6.45. The summed E-state index contributed by atoms with van der Waals surface area (Å²) in [5.41, 5.74) is 0. The number of nitrogens with one attached hydrogen (secondary N) is 2. The van der Waals surface area contributed by atoms with E-state index >= 15 is 0 Å². The summed E-state index contributed by atoms with van der Waals surface area (Å²) >= 11 is 1.74. The maximum atomic E-state index is 12.7. The standard InChI is InChI=1S/C21H33N5O2S/c1-25(2)19(27)14-23-21(22-11-9-18-8-5-13-29-18)24-17-10-12-26(15-17)20(28)16-6-3-4-7-16/h5,8,13,16-17H,3-4,6-7,9-12,14-15H2,1-2H3,(H2,22,23,24). The highest BCUT2D eigenvalue weighted by atomic mass is 32.1. The van der Waals surface area contributed by atoms with Crippen molar-refractivity contribution in [2.75, 3.05) is 40.3 Å². The SMILES string of the molecule is CN(C)C(=O)CN=C(NCCc1cccs1)NC1CCN(C(=O)C2CCCC2)C1. The van der Waals surface area contributed by atoms with Gasteiger partial charge in [0.25, 0.3) is 0 Å². The number of guanidine groups is 1. The summed E-state index contributed by atoms with van der Waals surface area (Å²) in [7, 11) is 3.47. The molecule has 0 aromatic carbocycles. The van der Waals surface area contributed by atoms with Gasteiger partial charge >= 0.3 is 0 Å². The van der Waals surface area contributed by atoms with Crippen LogP contribution in [0.25, 0.3) is 0 Å². The van der Waals surface area contributed by atoms with E-state index in [9.17, 15) is 9.59 Å². The smallest absolute Gasteiger partial charge is 0.243 e. The van der Waals surface area contributed by atoms with Crippen LogP contribution in [0.4, 0.5) is 0 Å². The second kappa shape index (κ2) is 10.6. The Morgan fingerprint density at radius 3 is 2.76 bits per heavy atom. The van der Waals surface area contributed by atoms with Crippen molar-refractivity contribution in [1.29, 1.82) is 0 Å². The summed E-state index contributed by atoms with van der Waals surface area (Å²) in [5, 5.41) is 8.87. The molecule has 1 aliphatic carbocycles. The number of carbonyl (C=O) groups is 2. The van der Waals surface area contributed by atoms with Gasteiger partial charge in [-0.25, -0.2) is 4.99 Å². The quantitative estimate of drug-likeness (QED) is 0.521. The lowest BCUT2D eigenvalue weighted by molar-refractivity contribution is -0.134. The highest BCUT2D eigenvalue weighted by molar-refractivity contribution is 7.09. The average Bonchev–Trinajstić information content (AvgIpc) is 3.47. The second-order valence-electron chi connectivity index (χ2n) is 8.10. The van der Waals surface area contributed by atoms with Crippen LogP contribution in [0, 0.1) is 5.92 Å². The summed E-state index contributed by atoms with van der Waals surface area (Å²) < 4.78 is 0. The van der Waals surface area contributed by atoms with Crippen molar-refractivity contribution in [1.82, 2.24) is 20.4 Å². The lowest BCUT2D eigenvalue weighted by Crippen LogP contribution is -2.46. The Labute approximate surface area is 177 Å². The number of hydrogen-bond donors (Lipinski definition) is 2. The number of rotatable bonds is 7. The first-order valence-corrected chi connectivity index (χ1v) is 11.5. The first-order valence-electron chi connectivity index (χ1n) is 10.6. The Bertz CT molecular complexity index is 698. The number of thiophene rings is 1. The van der Waals surface area contributed by atoms with Crippen molar-refractivity contribution in [3.8, 4) is 0 Å². The van der Waals surface area contributed by atoms with Gasteiger partial charge in [-0.3, -0.25) is 9.59 Å². The molecule has 29 heavy (non-hydrogen) atoms. The highest BCUT2D eigenvalue weighted by Gasteiger charge is 2.32. The normalized spacial score (nSPS) is 20.1. The number of amides is 2. The number of likely N-dealkylation sites (N-methyl/N-ethyl adjacent to an activating group) is 1. The van der Waals surface area contributed by atoms with Crippen LogP contribution in [0.5, 0.6) is 0 Å². The topological polar surface area (TPSA) is 77.0 Å². The molecule has 1 aromatic rings. The van der Waals surface area contributed by atoms with Crippen molar-refractivity contribution in [3.63, 3.8) is 0 Å². The molecular formula is C21H33N5O2S. The van der Waals surface area contributed by atoms with Gasteiger partial charge < -0.3 is 20.4 Å². The number of aliphatic imine (C=N–C) groups is 1. The van der Waals surface area contributed by atoms with Crippen molar-refractivity contribution >= 4 is 29.1 Å². The van der Waals surface area contributed by atoms with E-state index in [4.69, 9.17) is 0 Å². The Balaban J connectivity index is 1.53. The van der Waals surface area contributed by atoms with Gasteiger partial charge in [-0.05, 0) is 37.1 Å². The fourth-order valence-corrected chi connectivity index (χ4v) is 4.61. The Kier molecular flexibility index (Phi) is 7.91. The molecule has 7 nitrogen and oxygen atoms in total. The molecule has 1 atom stereocenters. The summed E-state index contributed by atoms with van der Waals surface area (Å²) in [6.07, 6.45) is 6.25. The summed E-state index contributed by atoms with van der Waals surface area (Å²) in [5.74, 6) is 1.16. The van der Waals surface area contributed by atoms with Crippen LogP contribution < -0.4 is 10.6 Å². The van der Waals surface area contributed by atoms with Gasteiger partial charge in [-0.1, -0.05) is 18.9 Å². The van der Waals surface area contributed by atoms with E-state index in [1.54, 1.807) is 30.3 Å². The molecule has 8 heteroatoms. The van der Waals surface area contributed by atoms with Crippen LogP contribution in [0.2, 0.25) is 0 Å². The first-order chi connectivity index (χ1) is 14.0. The molecule has 160 valence electrons. The second-order valence-corrected chi connectivity index (χ2v) is 9.14. The number of likely N-dealkylation sites (tertiary alicyclic amines) is 1. The third-order valence-electron chi connectivity index (χ3n) is 5.66. The zero-order valence-corrected chi connectivity index (χ0v) is 18.3. The van der Waals surface area contributed by atoms with Gasteiger partial charge in [0.15, 0.2) is 5.96 Å². The molecule has 0 spiro atoms. The van der Waals surface area contributed by atoms with Crippen molar-refractivity contribution in [2.45, 2.75) is 44.6 Å². The van der Waals surface area contributed by atoms with Crippen LogP contribution in [-0.2, 0) is 16.0 Å². The van der Waals surface area contributed by atoms with Crippen LogP contribution in [0.15, 0.2) is 22.5 Å². The monoisotopic (exact) mass is 419 g/mol. The minimum absolute atomic E-state index is 0.0335. The number of carbonyl (C=O) groups excluding carboxylic acids is 2. The van der Waals surface area contributed by atoms with E-state index in [0.717, 1.165) is 38.8 Å². The maximum absolute atomic E-state index is 12.7. The molecule has 2 fully saturated rings. The minimum Gasteiger partial charge on any atom is -0.356 e. The molecule has 2 N–H and O–H groups in total. The van der Waals surface area contributed by atoms with Crippen LogP contribution >= 0.6 is 11.3 Å². The van der Waals surface area contributed by atoms with Gasteiger partial charge in [-0.2, -0.15) is 0 Å². The van der Waals surface area contributed by atoms with Gasteiger partial charge in [-0.15, -0.1) is 11.3 Å². The molecule has 3 rings (SSSR count). The average molecular weight is 420 g/mol. The van der Waals surface area contributed by atoms with E-state index in [0.29, 0.717) is 18.4 Å². The third-order valence-corrected chi connectivity index (χ3v) is 6.60. The van der Waals surface area contributed by atoms with Crippen molar-refractivity contribution in [2.24, 2.45) is 10.9 Å². The fourth-order valence-electron chi connectivity index (χ4n) is 3.90. The van der Waals surface area contributed by atoms with Gasteiger partial charge in [0.05, 0.1) is 0 Å². The van der Waals surface area contributed by atoms with Gasteiger partial charge in [0.1, 0.15) is 6.54 Å². The number of nitrogens with zero attached hydrogens (tertiary/aromatic N) is 3. The van der Waals surface area contributed by atoms with Crippen LogP contribution in [0.3, 0.4) is 0 Å². The molecule has 0 bridgehead atoms. The molecule has 1 saturated carbocycles. The Hall–Kier alpha value is -2.09. The predicted molar refractivity (Wildman–Crippen MR) is 117 cm³/mol. The molecule has 1 aliphatic heterocycles. The van der Waals surface area contributed by atoms with Crippen molar-refractivity contribution < 1.29 is 9.59 Å². The Morgan fingerprint density at radius 2 is 2.07 bits per heavy atom. The molecule has 0 radical (unpaired) electrons. The first kappa shape index (κ1) is 21.6. The largest absolute Gasteiger partial charge is 0.356 e. The molecule has 1 saturated heterocycles. The van der Waals surface area contributed by atoms with E-state index in [1.807, 2.05) is 4.90 Å². The molecule has 2 amide bonds. The lowest BCUT2D eigenvalue weighted by atomic mass is 10.1. The fraction of sp³-hybridized carbons (Fsp3) is 0.667. The summed E-state index contributed by atoms with van der Waals surface area (Å²) in [4.78, 5) is 34.0. The van der Waals surface area contributed by atoms with Crippen molar-refractivity contribution in [3.05, 3.63) is 22.4 Å². The maximum Gasteiger partial charge on any atom is 0.243 e. The lowest BCUT2D eigenvalue weighted by Gasteiger charge is -2.21. The zero-order chi connectivity index (χ0) is 20.6. The van der Waals surface area contributed by atoms with E-state index in [2.05, 4.69) is 33.1 Å². The van der Waals surface area contributed by atoms with E-state index in [1.165, 1.54) is 17.7 Å². The Morgan fingerprint density at radius 1 is 1.28 bits per heavy atom. The van der Waals surface area contributed by atoms with Crippen LogP contribution in [0.1, 0.15) is 37.0 Å².